The molecule has 6 heteroatoms. The number of rotatable bonds is 5. The molecule has 0 aliphatic heterocycles. The lowest BCUT2D eigenvalue weighted by molar-refractivity contribution is 0.584. The van der Waals surface area contributed by atoms with Crippen LogP contribution in [0.1, 0.15) is 19.4 Å². The van der Waals surface area contributed by atoms with Gasteiger partial charge in [-0.1, -0.05) is 31.5 Å². The van der Waals surface area contributed by atoms with Crippen LogP contribution in [-0.4, -0.2) is 20.8 Å². The van der Waals surface area contributed by atoms with E-state index in [9.17, 15) is 0 Å². The molecule has 0 amide bonds. The first-order valence-corrected chi connectivity index (χ1v) is 7.30. The summed E-state index contributed by atoms with van der Waals surface area (Å²) >= 11 is 7.87. The average Bonchev–Trinajstić information content (AvgIpc) is 2.74. The van der Waals surface area contributed by atoms with Gasteiger partial charge in [0.2, 0.25) is 0 Å². The zero-order valence-electron chi connectivity index (χ0n) is 11.2. The Balaban J connectivity index is 2.24. The number of halogens is 1. The lowest BCUT2D eigenvalue weighted by Gasteiger charge is -2.13. The maximum atomic E-state index is 6.30. The highest BCUT2D eigenvalue weighted by Crippen LogP contribution is 2.32. The molecule has 0 aliphatic rings. The largest absolute Gasteiger partial charge is 0.310 e. The van der Waals surface area contributed by atoms with E-state index in [-0.39, 0.29) is 0 Å². The van der Waals surface area contributed by atoms with E-state index >= 15 is 0 Å². The quantitative estimate of drug-likeness (QED) is 0.920. The monoisotopic (exact) mass is 296 g/mol. The minimum absolute atomic E-state index is 0.420. The molecule has 0 unspecified atom stereocenters. The van der Waals surface area contributed by atoms with E-state index in [2.05, 4.69) is 35.3 Å². The summed E-state index contributed by atoms with van der Waals surface area (Å²) in [5.74, 6) is 0. The Bertz CT molecular complexity index is 553. The fourth-order valence-electron chi connectivity index (χ4n) is 1.59. The second-order valence-corrected chi connectivity index (χ2v) is 5.94. The van der Waals surface area contributed by atoms with Gasteiger partial charge in [-0.2, -0.15) is 5.10 Å². The van der Waals surface area contributed by atoms with Gasteiger partial charge >= 0.3 is 0 Å². The van der Waals surface area contributed by atoms with Crippen molar-refractivity contribution < 1.29 is 0 Å². The van der Waals surface area contributed by atoms with Crippen molar-refractivity contribution in [2.45, 2.75) is 36.5 Å². The van der Waals surface area contributed by atoms with Crippen LogP contribution in [0.4, 0.5) is 0 Å². The van der Waals surface area contributed by atoms with Gasteiger partial charge in [-0.25, -0.2) is 9.67 Å². The standard InChI is InChI=1S/C13H17ClN4S/c1-9(2)15-7-10-11(14)5-4-6-12(10)19-13-16-8-17-18(13)3/h4-6,8-9,15H,7H2,1-3H3. The number of nitrogens with zero attached hydrogens (tertiary/aromatic N) is 3. The summed E-state index contributed by atoms with van der Waals surface area (Å²) in [4.78, 5) is 5.34. The summed E-state index contributed by atoms with van der Waals surface area (Å²) in [5, 5.41) is 9.10. The predicted molar refractivity (Wildman–Crippen MR) is 78.6 cm³/mol. The molecule has 1 aromatic carbocycles. The molecule has 4 nitrogen and oxygen atoms in total. The topological polar surface area (TPSA) is 42.7 Å². The summed E-state index contributed by atoms with van der Waals surface area (Å²) in [6, 6.07) is 6.35. The molecule has 1 N–H and O–H groups in total. The van der Waals surface area contributed by atoms with Crippen molar-refractivity contribution in [2.24, 2.45) is 7.05 Å². The van der Waals surface area contributed by atoms with Gasteiger partial charge in [-0.3, -0.25) is 0 Å². The maximum absolute atomic E-state index is 6.30. The summed E-state index contributed by atoms with van der Waals surface area (Å²) < 4.78 is 1.76. The number of benzene rings is 1. The molecule has 2 aromatic rings. The first kappa shape index (κ1) is 14.4. The number of aryl methyl sites for hydroxylation is 1. The van der Waals surface area contributed by atoms with Gasteiger partial charge in [-0.05, 0) is 29.5 Å². The Morgan fingerprint density at radius 2 is 2.21 bits per heavy atom. The molecule has 0 saturated heterocycles. The van der Waals surface area contributed by atoms with Crippen LogP contribution in [0.25, 0.3) is 0 Å². The Hall–Kier alpha value is -1.04. The highest BCUT2D eigenvalue weighted by atomic mass is 35.5. The summed E-state index contributed by atoms with van der Waals surface area (Å²) in [5.41, 5.74) is 1.10. The van der Waals surface area contributed by atoms with E-state index in [4.69, 9.17) is 11.6 Å². The molecule has 0 saturated carbocycles. The van der Waals surface area contributed by atoms with Crippen LogP contribution in [0.5, 0.6) is 0 Å². The summed E-state index contributed by atoms with van der Waals surface area (Å²) in [6.07, 6.45) is 1.55. The van der Waals surface area contributed by atoms with Crippen molar-refractivity contribution in [3.8, 4) is 0 Å². The highest BCUT2D eigenvalue weighted by Gasteiger charge is 2.11. The molecule has 0 radical (unpaired) electrons. The van der Waals surface area contributed by atoms with Gasteiger partial charge in [0.1, 0.15) is 6.33 Å². The molecular weight excluding hydrogens is 280 g/mol. The third kappa shape index (κ3) is 3.72. The minimum Gasteiger partial charge on any atom is -0.310 e. The van der Waals surface area contributed by atoms with Crippen molar-refractivity contribution in [2.75, 3.05) is 0 Å². The molecule has 102 valence electrons. The summed E-state index contributed by atoms with van der Waals surface area (Å²) in [6.45, 7) is 4.98. The van der Waals surface area contributed by atoms with Gasteiger partial charge in [0.25, 0.3) is 0 Å². The Kier molecular flexibility index (Phi) is 4.85. The summed E-state index contributed by atoms with van der Waals surface area (Å²) in [7, 11) is 1.88. The van der Waals surface area contributed by atoms with Crippen LogP contribution in [0, 0.1) is 0 Å². The van der Waals surface area contributed by atoms with Crippen molar-refractivity contribution in [3.05, 3.63) is 35.1 Å². The molecule has 2 rings (SSSR count). The van der Waals surface area contributed by atoms with Crippen LogP contribution in [0.2, 0.25) is 5.02 Å². The van der Waals surface area contributed by atoms with E-state index in [0.29, 0.717) is 6.04 Å². The molecular formula is C13H17ClN4S. The lowest BCUT2D eigenvalue weighted by atomic mass is 10.2. The molecule has 0 fully saturated rings. The first-order valence-electron chi connectivity index (χ1n) is 6.10. The van der Waals surface area contributed by atoms with Crippen molar-refractivity contribution >= 4 is 23.4 Å². The van der Waals surface area contributed by atoms with Crippen molar-refractivity contribution in [1.29, 1.82) is 0 Å². The van der Waals surface area contributed by atoms with Crippen LogP contribution in [0.15, 0.2) is 34.6 Å². The second kappa shape index (κ2) is 6.41. The third-order valence-corrected chi connectivity index (χ3v) is 4.14. The van der Waals surface area contributed by atoms with E-state index in [1.165, 1.54) is 0 Å². The highest BCUT2D eigenvalue weighted by molar-refractivity contribution is 7.99. The molecule has 1 aromatic heterocycles. The number of nitrogens with one attached hydrogen (secondary N) is 1. The van der Waals surface area contributed by atoms with Crippen molar-refractivity contribution in [3.63, 3.8) is 0 Å². The van der Waals surface area contributed by atoms with Gasteiger partial charge in [0, 0.05) is 29.6 Å². The molecule has 0 bridgehead atoms. The molecule has 1 heterocycles. The van der Waals surface area contributed by atoms with E-state index in [1.807, 2.05) is 19.2 Å². The zero-order valence-corrected chi connectivity index (χ0v) is 12.8. The van der Waals surface area contributed by atoms with Gasteiger partial charge in [-0.15, -0.1) is 0 Å². The first-order chi connectivity index (χ1) is 9.08. The smallest absolute Gasteiger partial charge is 0.190 e. The normalized spacial score (nSPS) is 11.2. The maximum Gasteiger partial charge on any atom is 0.190 e. The predicted octanol–water partition coefficient (Wildman–Crippen LogP) is 3.12. The zero-order chi connectivity index (χ0) is 13.8. The van der Waals surface area contributed by atoms with Crippen molar-refractivity contribution in [1.82, 2.24) is 20.1 Å². The Labute approximate surface area is 122 Å². The van der Waals surface area contributed by atoms with Crippen LogP contribution >= 0.6 is 23.4 Å². The van der Waals surface area contributed by atoms with Gasteiger partial charge in [0.05, 0.1) is 0 Å². The fraction of sp³-hybridized carbons (Fsp3) is 0.385. The Morgan fingerprint density at radius 3 is 2.84 bits per heavy atom. The average molecular weight is 297 g/mol. The molecule has 19 heavy (non-hydrogen) atoms. The van der Waals surface area contributed by atoms with Crippen LogP contribution < -0.4 is 5.32 Å². The van der Waals surface area contributed by atoms with Crippen LogP contribution in [0.3, 0.4) is 0 Å². The molecule has 0 spiro atoms. The van der Waals surface area contributed by atoms with E-state index in [0.717, 1.165) is 27.2 Å². The van der Waals surface area contributed by atoms with Gasteiger partial charge in [0.15, 0.2) is 5.16 Å². The third-order valence-electron chi connectivity index (χ3n) is 2.63. The second-order valence-electron chi connectivity index (χ2n) is 4.52. The molecule has 0 aliphatic carbocycles. The van der Waals surface area contributed by atoms with Gasteiger partial charge < -0.3 is 5.32 Å². The van der Waals surface area contributed by atoms with Crippen LogP contribution in [-0.2, 0) is 13.6 Å². The minimum atomic E-state index is 0.420. The SMILES string of the molecule is CC(C)NCc1c(Cl)cccc1Sc1ncnn1C. The molecule has 0 atom stereocenters. The Morgan fingerprint density at radius 1 is 1.42 bits per heavy atom. The van der Waals surface area contributed by atoms with E-state index < -0.39 is 0 Å². The number of aromatic nitrogens is 3. The fourth-order valence-corrected chi connectivity index (χ4v) is 2.81. The number of hydrogen-bond acceptors (Lipinski definition) is 4. The lowest BCUT2D eigenvalue weighted by Crippen LogP contribution is -2.22. The number of hydrogen-bond donors (Lipinski definition) is 1. The van der Waals surface area contributed by atoms with E-state index in [1.54, 1.807) is 22.8 Å².